The van der Waals surface area contributed by atoms with Crippen molar-refractivity contribution in [3.8, 4) is 0 Å². The molecule has 20 heavy (non-hydrogen) atoms. The molecule has 5 heteroatoms. The van der Waals surface area contributed by atoms with Crippen LogP contribution in [0.1, 0.15) is 19.2 Å². The molecule has 2 aromatic rings. The van der Waals surface area contributed by atoms with Gasteiger partial charge >= 0.3 is 0 Å². The van der Waals surface area contributed by atoms with Crippen LogP contribution in [-0.2, 0) is 6.42 Å². The molecule has 1 aromatic heterocycles. The first-order valence-electron chi connectivity index (χ1n) is 7.37. The van der Waals surface area contributed by atoms with Crippen LogP contribution in [0.2, 0.25) is 0 Å². The Bertz CT molecular complexity index is 576. The van der Waals surface area contributed by atoms with Crippen molar-refractivity contribution < 1.29 is 4.42 Å². The molecule has 3 rings (SSSR count). The minimum absolute atomic E-state index is 0.858. The molecule has 0 bridgehead atoms. The Hall–Kier alpha value is -1.12. The Balaban J connectivity index is 1.78. The number of aromatic nitrogens is 1. The number of anilines is 1. The highest BCUT2D eigenvalue weighted by Gasteiger charge is 2.17. The molecule has 1 saturated heterocycles. The number of nitrogens with zero attached hydrogens (tertiary/aromatic N) is 3. The van der Waals surface area contributed by atoms with Crippen molar-refractivity contribution in [2.45, 2.75) is 19.8 Å². The topological polar surface area (TPSA) is 32.5 Å². The molecular formula is C15H22N3OP. The van der Waals surface area contributed by atoms with Crippen molar-refractivity contribution >= 4 is 25.5 Å². The minimum atomic E-state index is 0.858. The second-order valence-electron chi connectivity index (χ2n) is 5.21. The van der Waals surface area contributed by atoms with Crippen LogP contribution >= 0.6 is 8.73 Å². The van der Waals surface area contributed by atoms with E-state index in [2.05, 4.69) is 46.3 Å². The Morgan fingerprint density at radius 1 is 1.25 bits per heavy atom. The number of benzene rings is 1. The lowest BCUT2D eigenvalue weighted by molar-refractivity contribution is 0.424. The van der Waals surface area contributed by atoms with E-state index < -0.39 is 0 Å². The number of hydrogen-bond acceptors (Lipinski definition) is 4. The Kier molecular flexibility index (Phi) is 4.23. The largest absolute Gasteiger partial charge is 0.441 e. The lowest BCUT2D eigenvalue weighted by Crippen LogP contribution is -2.42. The lowest BCUT2D eigenvalue weighted by Gasteiger charge is -2.35. The third-order valence-corrected chi connectivity index (χ3v) is 4.92. The van der Waals surface area contributed by atoms with E-state index in [0.717, 1.165) is 64.7 Å². The molecule has 1 aromatic carbocycles. The van der Waals surface area contributed by atoms with Gasteiger partial charge in [0.2, 0.25) is 0 Å². The molecule has 108 valence electrons. The second kappa shape index (κ2) is 6.11. The molecule has 0 radical (unpaired) electrons. The van der Waals surface area contributed by atoms with Gasteiger partial charge in [-0.3, -0.25) is 4.67 Å². The van der Waals surface area contributed by atoms with Gasteiger partial charge in [0, 0.05) is 44.4 Å². The monoisotopic (exact) mass is 291 g/mol. The van der Waals surface area contributed by atoms with Gasteiger partial charge in [0.15, 0.2) is 11.5 Å². The van der Waals surface area contributed by atoms with Gasteiger partial charge in [-0.15, -0.1) is 0 Å². The average Bonchev–Trinajstić information content (AvgIpc) is 2.89. The van der Waals surface area contributed by atoms with Crippen LogP contribution in [0.3, 0.4) is 0 Å². The summed E-state index contributed by atoms with van der Waals surface area (Å²) in [5, 5.41) is 0. The molecule has 0 N–H and O–H groups in total. The van der Waals surface area contributed by atoms with E-state index in [-0.39, 0.29) is 0 Å². The van der Waals surface area contributed by atoms with Crippen molar-refractivity contribution in [1.29, 1.82) is 0 Å². The van der Waals surface area contributed by atoms with E-state index in [4.69, 9.17) is 4.42 Å². The fourth-order valence-electron chi connectivity index (χ4n) is 2.67. The minimum Gasteiger partial charge on any atom is -0.441 e. The van der Waals surface area contributed by atoms with Crippen LogP contribution in [0, 0.1) is 0 Å². The maximum absolute atomic E-state index is 5.84. The Morgan fingerprint density at radius 3 is 2.75 bits per heavy atom. The average molecular weight is 291 g/mol. The van der Waals surface area contributed by atoms with Gasteiger partial charge in [-0.2, -0.15) is 0 Å². The molecule has 1 atom stereocenters. The zero-order valence-electron chi connectivity index (χ0n) is 12.2. The lowest BCUT2D eigenvalue weighted by atomic mass is 10.2. The molecule has 1 unspecified atom stereocenters. The highest BCUT2D eigenvalue weighted by atomic mass is 31.1. The molecular weight excluding hydrogens is 269 g/mol. The van der Waals surface area contributed by atoms with E-state index in [9.17, 15) is 0 Å². The van der Waals surface area contributed by atoms with Gasteiger partial charge in [-0.05, 0) is 25.2 Å². The smallest absolute Gasteiger partial charge is 0.195 e. The summed E-state index contributed by atoms with van der Waals surface area (Å²) in [7, 11) is 0.920. The summed E-state index contributed by atoms with van der Waals surface area (Å²) in [5.41, 5.74) is 3.16. The number of rotatable bonds is 4. The summed E-state index contributed by atoms with van der Waals surface area (Å²) in [5.74, 6) is 0.858. The molecule has 2 heterocycles. The normalized spacial score (nSPS) is 17.6. The van der Waals surface area contributed by atoms with Crippen molar-refractivity contribution in [2.24, 2.45) is 0 Å². The van der Waals surface area contributed by atoms with Gasteiger partial charge in [-0.1, -0.05) is 15.7 Å². The van der Waals surface area contributed by atoms with Gasteiger partial charge in [-0.25, -0.2) is 4.98 Å². The first-order chi connectivity index (χ1) is 9.80. The molecule has 0 amide bonds. The first kappa shape index (κ1) is 13.8. The SMILES string of the molecule is CCCc1nc2ccc(N3CCN(PC)CC3)cc2o1. The van der Waals surface area contributed by atoms with Gasteiger partial charge < -0.3 is 9.32 Å². The first-order valence-corrected chi connectivity index (χ1v) is 8.81. The number of oxazole rings is 1. The Labute approximate surface area is 122 Å². The third-order valence-electron chi connectivity index (χ3n) is 3.84. The predicted molar refractivity (Wildman–Crippen MR) is 86.0 cm³/mol. The van der Waals surface area contributed by atoms with Crippen LogP contribution in [0.4, 0.5) is 5.69 Å². The number of hydrogen-bond donors (Lipinski definition) is 0. The fraction of sp³-hybridized carbons (Fsp3) is 0.533. The molecule has 0 spiro atoms. The Morgan fingerprint density at radius 2 is 2.05 bits per heavy atom. The van der Waals surface area contributed by atoms with E-state index >= 15 is 0 Å². The van der Waals surface area contributed by atoms with Crippen LogP contribution in [0.25, 0.3) is 11.1 Å². The molecule has 4 nitrogen and oxygen atoms in total. The maximum Gasteiger partial charge on any atom is 0.195 e. The predicted octanol–water partition coefficient (Wildman–Crippen LogP) is 3.13. The van der Waals surface area contributed by atoms with Crippen LogP contribution in [-0.4, -0.2) is 42.5 Å². The third kappa shape index (κ3) is 2.82. The van der Waals surface area contributed by atoms with E-state index in [1.807, 2.05) is 0 Å². The fourth-order valence-corrected chi connectivity index (χ4v) is 3.31. The van der Waals surface area contributed by atoms with Crippen molar-refractivity contribution in [2.75, 3.05) is 37.7 Å². The zero-order chi connectivity index (χ0) is 13.9. The van der Waals surface area contributed by atoms with E-state index in [0.29, 0.717) is 0 Å². The van der Waals surface area contributed by atoms with Crippen LogP contribution in [0.15, 0.2) is 22.6 Å². The second-order valence-corrected chi connectivity index (χ2v) is 6.29. The maximum atomic E-state index is 5.84. The highest BCUT2D eigenvalue weighted by molar-refractivity contribution is 7.34. The quantitative estimate of drug-likeness (QED) is 0.810. The van der Waals surface area contributed by atoms with E-state index in [1.54, 1.807) is 0 Å². The van der Waals surface area contributed by atoms with Crippen LogP contribution < -0.4 is 4.90 Å². The van der Waals surface area contributed by atoms with Crippen molar-refractivity contribution in [3.63, 3.8) is 0 Å². The number of aryl methyl sites for hydroxylation is 1. The zero-order valence-corrected chi connectivity index (χ0v) is 13.2. The summed E-state index contributed by atoms with van der Waals surface area (Å²) in [4.78, 5) is 6.96. The van der Waals surface area contributed by atoms with Crippen molar-refractivity contribution in [3.05, 3.63) is 24.1 Å². The summed E-state index contributed by atoms with van der Waals surface area (Å²) in [6.07, 6.45) is 1.99. The highest BCUT2D eigenvalue weighted by Crippen LogP contribution is 2.25. The summed E-state index contributed by atoms with van der Waals surface area (Å²) in [6.45, 7) is 8.92. The summed E-state index contributed by atoms with van der Waals surface area (Å²) < 4.78 is 8.35. The van der Waals surface area contributed by atoms with E-state index in [1.165, 1.54) is 5.69 Å². The van der Waals surface area contributed by atoms with Crippen LogP contribution in [0.5, 0.6) is 0 Å². The molecule has 1 aliphatic rings. The molecule has 0 aliphatic carbocycles. The van der Waals surface area contributed by atoms with Crippen molar-refractivity contribution in [1.82, 2.24) is 9.65 Å². The molecule has 0 saturated carbocycles. The van der Waals surface area contributed by atoms with Gasteiger partial charge in [0.05, 0.1) is 0 Å². The number of fused-ring (bicyclic) bond motifs is 1. The standard InChI is InChI=1S/C15H22N3OP/c1-3-4-15-16-13-6-5-12(11-14(13)19-15)17-7-9-18(20-2)10-8-17/h5-6,11,20H,3-4,7-10H2,1-2H3. The summed E-state index contributed by atoms with van der Waals surface area (Å²) >= 11 is 0. The van der Waals surface area contributed by atoms with Gasteiger partial charge in [0.25, 0.3) is 0 Å². The number of piperazine rings is 1. The summed E-state index contributed by atoms with van der Waals surface area (Å²) in [6, 6.07) is 6.40. The van der Waals surface area contributed by atoms with Gasteiger partial charge in [0.1, 0.15) is 5.52 Å². The molecule has 1 fully saturated rings. The molecule has 1 aliphatic heterocycles.